The summed E-state index contributed by atoms with van der Waals surface area (Å²) in [6.07, 6.45) is 3.00. The highest BCUT2D eigenvalue weighted by molar-refractivity contribution is 7.16. The Morgan fingerprint density at radius 1 is 1.16 bits per heavy atom. The van der Waals surface area contributed by atoms with Crippen molar-refractivity contribution < 1.29 is 9.90 Å². The zero-order valence-corrected chi connectivity index (χ0v) is 20.0. The number of aryl methyl sites for hydroxylation is 1. The molecule has 0 saturated heterocycles. The first kappa shape index (κ1) is 23.5. The molecule has 5 nitrogen and oxygen atoms in total. The number of benzene rings is 1. The van der Waals surface area contributed by atoms with Crippen LogP contribution in [0.3, 0.4) is 0 Å². The summed E-state index contributed by atoms with van der Waals surface area (Å²) in [6.45, 7) is 6.49. The number of carboxylic acids is 1. The Bertz CT molecular complexity index is 1070. The third-order valence-electron chi connectivity index (χ3n) is 4.78. The molecule has 8 heteroatoms. The van der Waals surface area contributed by atoms with Crippen molar-refractivity contribution in [1.82, 2.24) is 9.97 Å². The first-order chi connectivity index (χ1) is 14.7. The van der Waals surface area contributed by atoms with Crippen molar-refractivity contribution in [3.05, 3.63) is 62.7 Å². The Balaban J connectivity index is 1.80. The number of hydrogen-bond acceptors (Lipinski definition) is 5. The molecule has 0 bridgehead atoms. The van der Waals surface area contributed by atoms with Gasteiger partial charge in [0.05, 0.1) is 21.7 Å². The Hall–Kier alpha value is -2.15. The summed E-state index contributed by atoms with van der Waals surface area (Å²) in [5, 5.41) is 14.6. The number of halogens is 2. The number of hydrogen-bond donors (Lipinski definition) is 2. The molecule has 0 aliphatic heterocycles. The fourth-order valence-electron chi connectivity index (χ4n) is 3.28. The standard InChI is InChI=1S/C23H25Cl2N3O2S/c1-13(2)8-20-21(16-4-5-18(24)19(25)11-16)28-23(31-20)27-12-17(22(29)30)10-15-6-7-26-14(3)9-15/h4-7,9,11,13,17H,8,10,12H2,1-3H3,(H,27,28)(H,29,30). The third kappa shape index (κ3) is 6.42. The highest BCUT2D eigenvalue weighted by atomic mass is 35.5. The van der Waals surface area contributed by atoms with Crippen LogP contribution in [-0.4, -0.2) is 27.6 Å². The molecule has 1 aromatic carbocycles. The topological polar surface area (TPSA) is 75.1 Å². The number of anilines is 1. The van der Waals surface area contributed by atoms with E-state index in [2.05, 4.69) is 24.1 Å². The maximum absolute atomic E-state index is 11.8. The van der Waals surface area contributed by atoms with Gasteiger partial charge in [0.1, 0.15) is 0 Å². The maximum atomic E-state index is 11.8. The second kappa shape index (κ2) is 10.4. The Kier molecular flexibility index (Phi) is 7.92. The number of pyridine rings is 1. The van der Waals surface area contributed by atoms with Gasteiger partial charge in [-0.05, 0) is 55.5 Å². The molecule has 0 aliphatic rings. The van der Waals surface area contributed by atoms with E-state index < -0.39 is 11.9 Å². The molecule has 1 atom stereocenters. The number of nitrogens with zero attached hydrogens (tertiary/aromatic N) is 2. The Labute approximate surface area is 196 Å². The molecular weight excluding hydrogens is 453 g/mol. The fourth-order valence-corrected chi connectivity index (χ4v) is 4.78. The molecule has 2 aromatic heterocycles. The van der Waals surface area contributed by atoms with E-state index >= 15 is 0 Å². The zero-order valence-electron chi connectivity index (χ0n) is 17.7. The average Bonchev–Trinajstić information content (AvgIpc) is 3.09. The van der Waals surface area contributed by atoms with E-state index in [-0.39, 0.29) is 6.54 Å². The van der Waals surface area contributed by atoms with Crippen molar-refractivity contribution in [3.63, 3.8) is 0 Å². The van der Waals surface area contributed by atoms with Crippen LogP contribution in [-0.2, 0) is 17.6 Å². The summed E-state index contributed by atoms with van der Waals surface area (Å²) < 4.78 is 0. The SMILES string of the molecule is Cc1cc(CC(CNc2nc(-c3ccc(Cl)c(Cl)c3)c(CC(C)C)s2)C(=O)O)ccn1. The van der Waals surface area contributed by atoms with E-state index in [1.165, 1.54) is 0 Å². The van der Waals surface area contributed by atoms with Gasteiger partial charge in [-0.2, -0.15) is 0 Å². The molecule has 2 heterocycles. The van der Waals surface area contributed by atoms with Gasteiger partial charge in [-0.1, -0.05) is 43.1 Å². The van der Waals surface area contributed by atoms with E-state index in [0.717, 1.165) is 33.8 Å². The lowest BCUT2D eigenvalue weighted by atomic mass is 10.00. The normalized spacial score (nSPS) is 12.2. The van der Waals surface area contributed by atoms with Crippen LogP contribution >= 0.6 is 34.5 Å². The van der Waals surface area contributed by atoms with Crippen LogP contribution in [0.15, 0.2) is 36.5 Å². The molecule has 164 valence electrons. The second-order valence-electron chi connectivity index (χ2n) is 7.94. The molecule has 0 spiro atoms. The summed E-state index contributed by atoms with van der Waals surface area (Å²) in [6, 6.07) is 9.26. The van der Waals surface area contributed by atoms with Gasteiger partial charge in [0.25, 0.3) is 0 Å². The lowest BCUT2D eigenvalue weighted by molar-refractivity contribution is -0.141. The summed E-state index contributed by atoms with van der Waals surface area (Å²) in [4.78, 5) is 21.9. The third-order valence-corrected chi connectivity index (χ3v) is 6.55. The van der Waals surface area contributed by atoms with Crippen molar-refractivity contribution >= 4 is 45.6 Å². The quantitative estimate of drug-likeness (QED) is 0.374. The number of nitrogens with one attached hydrogen (secondary N) is 1. The number of aliphatic carboxylic acids is 1. The van der Waals surface area contributed by atoms with Crippen LogP contribution in [0.1, 0.15) is 30.0 Å². The Morgan fingerprint density at radius 2 is 1.94 bits per heavy atom. The van der Waals surface area contributed by atoms with Gasteiger partial charge in [0.2, 0.25) is 0 Å². The maximum Gasteiger partial charge on any atom is 0.308 e. The van der Waals surface area contributed by atoms with Crippen molar-refractivity contribution in [1.29, 1.82) is 0 Å². The number of carbonyl (C=O) groups is 1. The van der Waals surface area contributed by atoms with Crippen LogP contribution < -0.4 is 5.32 Å². The first-order valence-corrected chi connectivity index (χ1v) is 11.6. The van der Waals surface area contributed by atoms with Gasteiger partial charge >= 0.3 is 5.97 Å². The molecular formula is C23H25Cl2N3O2S. The van der Waals surface area contributed by atoms with E-state index in [1.54, 1.807) is 23.6 Å². The lowest BCUT2D eigenvalue weighted by Crippen LogP contribution is -2.25. The molecule has 3 rings (SSSR count). The predicted octanol–water partition coefficient (Wildman–Crippen LogP) is 6.37. The van der Waals surface area contributed by atoms with Gasteiger partial charge in [-0.15, -0.1) is 11.3 Å². The molecule has 0 radical (unpaired) electrons. The van der Waals surface area contributed by atoms with Crippen LogP contribution in [0.5, 0.6) is 0 Å². The number of rotatable bonds is 9. The van der Waals surface area contributed by atoms with Gasteiger partial charge in [-0.3, -0.25) is 9.78 Å². The molecule has 2 N–H and O–H groups in total. The van der Waals surface area contributed by atoms with Gasteiger partial charge in [0, 0.05) is 28.9 Å². The highest BCUT2D eigenvalue weighted by Gasteiger charge is 2.20. The molecule has 0 aliphatic carbocycles. The van der Waals surface area contributed by atoms with Crippen LogP contribution in [0, 0.1) is 18.8 Å². The summed E-state index contributed by atoms with van der Waals surface area (Å²) in [5.74, 6) is -0.963. The van der Waals surface area contributed by atoms with E-state index in [0.29, 0.717) is 27.5 Å². The number of carboxylic acid groups (broad SMARTS) is 1. The zero-order chi connectivity index (χ0) is 22.5. The molecule has 1 unspecified atom stereocenters. The van der Waals surface area contributed by atoms with Gasteiger partial charge < -0.3 is 10.4 Å². The van der Waals surface area contributed by atoms with Crippen LogP contribution in [0.25, 0.3) is 11.3 Å². The molecule has 31 heavy (non-hydrogen) atoms. The predicted molar refractivity (Wildman–Crippen MR) is 128 cm³/mol. The van der Waals surface area contributed by atoms with Crippen molar-refractivity contribution in [2.24, 2.45) is 11.8 Å². The monoisotopic (exact) mass is 477 g/mol. The van der Waals surface area contributed by atoms with Crippen molar-refractivity contribution in [3.8, 4) is 11.3 Å². The first-order valence-electron chi connectivity index (χ1n) is 10.1. The van der Waals surface area contributed by atoms with Crippen LogP contribution in [0.4, 0.5) is 5.13 Å². The van der Waals surface area contributed by atoms with E-state index in [4.69, 9.17) is 28.2 Å². The fraction of sp³-hybridized carbons (Fsp3) is 0.348. The Morgan fingerprint density at radius 3 is 2.58 bits per heavy atom. The highest BCUT2D eigenvalue weighted by Crippen LogP contribution is 2.35. The summed E-state index contributed by atoms with van der Waals surface area (Å²) >= 11 is 13.8. The van der Waals surface area contributed by atoms with Crippen molar-refractivity contribution in [2.45, 2.75) is 33.6 Å². The minimum atomic E-state index is -0.842. The van der Waals surface area contributed by atoms with Gasteiger partial charge in [0.15, 0.2) is 5.13 Å². The smallest absolute Gasteiger partial charge is 0.308 e. The second-order valence-corrected chi connectivity index (χ2v) is 9.84. The van der Waals surface area contributed by atoms with Crippen LogP contribution in [0.2, 0.25) is 10.0 Å². The number of thiazole rings is 1. The number of aromatic nitrogens is 2. The average molecular weight is 478 g/mol. The van der Waals surface area contributed by atoms with E-state index in [1.807, 2.05) is 31.2 Å². The molecule has 0 fully saturated rings. The largest absolute Gasteiger partial charge is 0.481 e. The molecule has 0 saturated carbocycles. The summed E-state index contributed by atoms with van der Waals surface area (Å²) in [5.41, 5.74) is 3.59. The lowest BCUT2D eigenvalue weighted by Gasteiger charge is -2.13. The summed E-state index contributed by atoms with van der Waals surface area (Å²) in [7, 11) is 0. The van der Waals surface area contributed by atoms with Gasteiger partial charge in [-0.25, -0.2) is 4.98 Å². The van der Waals surface area contributed by atoms with E-state index in [9.17, 15) is 9.90 Å². The molecule has 3 aromatic rings. The minimum Gasteiger partial charge on any atom is -0.481 e. The minimum absolute atomic E-state index is 0.284. The molecule has 0 amide bonds. The van der Waals surface area contributed by atoms with Crippen molar-refractivity contribution in [2.75, 3.05) is 11.9 Å².